The van der Waals surface area contributed by atoms with Crippen LogP contribution in [0.15, 0.2) is 24.3 Å². The van der Waals surface area contributed by atoms with E-state index in [0.29, 0.717) is 5.56 Å². The van der Waals surface area contributed by atoms with Crippen LogP contribution in [-0.2, 0) is 6.54 Å². The number of nitriles is 1. The zero-order chi connectivity index (χ0) is 13.5. The Hall–Kier alpha value is -1.86. The highest BCUT2D eigenvalue weighted by Gasteiger charge is 2.09. The highest BCUT2D eigenvalue weighted by molar-refractivity contribution is 5.93. The largest absolute Gasteiger partial charge is 0.355 e. The molecule has 0 aromatic heterocycles. The first-order valence-corrected chi connectivity index (χ1v) is 6.08. The summed E-state index contributed by atoms with van der Waals surface area (Å²) in [5.74, 6) is -0.00417. The maximum Gasteiger partial charge on any atom is 0.251 e. The van der Waals surface area contributed by atoms with E-state index >= 15 is 0 Å². The van der Waals surface area contributed by atoms with E-state index in [1.165, 1.54) is 10.5 Å². The third-order valence-corrected chi connectivity index (χ3v) is 2.82. The van der Waals surface area contributed by atoms with E-state index in [1.807, 2.05) is 31.2 Å². The lowest BCUT2D eigenvalue weighted by atomic mass is 10.1. The Kier molecular flexibility index (Phi) is 5.34. The van der Waals surface area contributed by atoms with Crippen molar-refractivity contribution in [2.24, 2.45) is 5.92 Å². The number of carbonyl (C=O) groups excluding carboxylic acids is 1. The third-order valence-electron chi connectivity index (χ3n) is 2.82. The lowest BCUT2D eigenvalue weighted by Crippen LogP contribution is -3.08. The molecule has 0 bridgehead atoms. The molecule has 0 saturated heterocycles. The summed E-state index contributed by atoms with van der Waals surface area (Å²) in [6.07, 6.45) is 0. The minimum atomic E-state index is -0.0691. The average molecular weight is 246 g/mol. The minimum Gasteiger partial charge on any atom is -0.355 e. The predicted octanol–water partition coefficient (Wildman–Crippen LogP) is 0.221. The Balaban J connectivity index is 2.59. The van der Waals surface area contributed by atoms with Crippen molar-refractivity contribution >= 4 is 5.91 Å². The zero-order valence-corrected chi connectivity index (χ0v) is 11.2. The van der Waals surface area contributed by atoms with E-state index in [-0.39, 0.29) is 11.8 Å². The van der Waals surface area contributed by atoms with Gasteiger partial charge in [0.2, 0.25) is 0 Å². The van der Waals surface area contributed by atoms with Gasteiger partial charge >= 0.3 is 0 Å². The molecule has 18 heavy (non-hydrogen) atoms. The summed E-state index contributed by atoms with van der Waals surface area (Å²) in [6, 6.07) is 9.82. The highest BCUT2D eigenvalue weighted by Crippen LogP contribution is 2.03. The summed E-state index contributed by atoms with van der Waals surface area (Å²) in [5, 5.41) is 11.4. The number of hydrogen-bond acceptors (Lipinski definition) is 2. The van der Waals surface area contributed by atoms with Crippen molar-refractivity contribution in [2.45, 2.75) is 13.5 Å². The fraction of sp³-hybridized carbons (Fsp3) is 0.429. The summed E-state index contributed by atoms with van der Waals surface area (Å²) in [6.45, 7) is 3.62. The van der Waals surface area contributed by atoms with E-state index in [1.54, 1.807) is 7.05 Å². The van der Waals surface area contributed by atoms with Gasteiger partial charge in [0.15, 0.2) is 0 Å². The molecule has 0 spiro atoms. The molecule has 4 nitrogen and oxygen atoms in total. The number of nitrogens with one attached hydrogen (secondary N) is 2. The van der Waals surface area contributed by atoms with Gasteiger partial charge in [-0.1, -0.05) is 12.1 Å². The molecular weight excluding hydrogens is 226 g/mol. The molecule has 1 aromatic carbocycles. The Labute approximate surface area is 108 Å². The second kappa shape index (κ2) is 6.77. The molecule has 0 saturated carbocycles. The van der Waals surface area contributed by atoms with E-state index in [9.17, 15) is 4.79 Å². The quantitative estimate of drug-likeness (QED) is 0.781. The molecule has 1 rings (SSSR count). The third kappa shape index (κ3) is 4.19. The summed E-state index contributed by atoms with van der Waals surface area (Å²) in [4.78, 5) is 12.7. The lowest BCUT2D eigenvalue weighted by molar-refractivity contribution is -0.896. The number of carbonyl (C=O) groups is 1. The fourth-order valence-electron chi connectivity index (χ4n) is 1.91. The van der Waals surface area contributed by atoms with Gasteiger partial charge in [-0.05, 0) is 19.1 Å². The molecule has 96 valence electrons. The SMILES string of the molecule is CNC(=O)c1ccc(C[NH+](C)C[C@H](C)C#N)cc1. The van der Waals surface area contributed by atoms with Gasteiger partial charge in [0.1, 0.15) is 6.54 Å². The van der Waals surface area contributed by atoms with Gasteiger partial charge in [-0.15, -0.1) is 0 Å². The van der Waals surface area contributed by atoms with E-state index in [4.69, 9.17) is 5.26 Å². The van der Waals surface area contributed by atoms with Crippen molar-refractivity contribution in [3.05, 3.63) is 35.4 Å². The van der Waals surface area contributed by atoms with E-state index in [2.05, 4.69) is 18.4 Å². The summed E-state index contributed by atoms with van der Waals surface area (Å²) in [5.41, 5.74) is 1.84. The number of amides is 1. The van der Waals surface area contributed by atoms with Crippen LogP contribution in [-0.4, -0.2) is 26.5 Å². The van der Waals surface area contributed by atoms with Gasteiger partial charge in [-0.2, -0.15) is 5.26 Å². The summed E-state index contributed by atoms with van der Waals surface area (Å²) in [7, 11) is 3.69. The average Bonchev–Trinajstić information content (AvgIpc) is 2.38. The first-order valence-electron chi connectivity index (χ1n) is 6.08. The number of hydrogen-bond donors (Lipinski definition) is 2. The lowest BCUT2D eigenvalue weighted by Gasteiger charge is -2.15. The minimum absolute atomic E-state index is 0.0649. The molecule has 1 aromatic rings. The predicted molar refractivity (Wildman–Crippen MR) is 70.1 cm³/mol. The van der Waals surface area contributed by atoms with Crippen LogP contribution in [0.2, 0.25) is 0 Å². The van der Waals surface area contributed by atoms with Crippen LogP contribution in [0.1, 0.15) is 22.8 Å². The maximum atomic E-state index is 11.4. The standard InChI is InChI=1S/C14H19N3O/c1-11(8-15)9-17(3)10-12-4-6-13(7-5-12)14(18)16-2/h4-7,11H,9-10H2,1-3H3,(H,16,18)/p+1/t11-/m1/s1. The molecule has 1 amide bonds. The van der Waals surface area contributed by atoms with Crippen molar-refractivity contribution in [2.75, 3.05) is 20.6 Å². The van der Waals surface area contributed by atoms with Gasteiger partial charge < -0.3 is 10.2 Å². The molecular formula is C14H20N3O+. The van der Waals surface area contributed by atoms with Crippen molar-refractivity contribution < 1.29 is 9.69 Å². The Morgan fingerprint density at radius 3 is 2.56 bits per heavy atom. The molecule has 0 aliphatic rings. The molecule has 2 atom stereocenters. The molecule has 1 unspecified atom stereocenters. The van der Waals surface area contributed by atoms with E-state index < -0.39 is 0 Å². The van der Waals surface area contributed by atoms with Crippen molar-refractivity contribution in [1.82, 2.24) is 5.32 Å². The van der Waals surface area contributed by atoms with Crippen LogP contribution in [0.5, 0.6) is 0 Å². The van der Waals surface area contributed by atoms with Crippen LogP contribution >= 0.6 is 0 Å². The molecule has 0 heterocycles. The second-order valence-corrected chi connectivity index (χ2v) is 4.64. The number of rotatable bonds is 5. The Morgan fingerprint density at radius 1 is 1.44 bits per heavy atom. The molecule has 0 aliphatic carbocycles. The van der Waals surface area contributed by atoms with Crippen molar-refractivity contribution in [1.29, 1.82) is 5.26 Å². The Bertz CT molecular complexity index is 433. The van der Waals surface area contributed by atoms with Crippen LogP contribution in [0, 0.1) is 17.2 Å². The monoisotopic (exact) mass is 246 g/mol. The molecule has 0 radical (unpaired) electrons. The van der Waals surface area contributed by atoms with Crippen LogP contribution in [0.25, 0.3) is 0 Å². The molecule has 2 N–H and O–H groups in total. The Morgan fingerprint density at radius 2 is 2.06 bits per heavy atom. The van der Waals surface area contributed by atoms with Crippen LogP contribution < -0.4 is 10.2 Å². The smallest absolute Gasteiger partial charge is 0.251 e. The first-order chi connectivity index (χ1) is 8.56. The zero-order valence-electron chi connectivity index (χ0n) is 11.2. The van der Waals surface area contributed by atoms with Gasteiger partial charge in [0.25, 0.3) is 5.91 Å². The second-order valence-electron chi connectivity index (χ2n) is 4.64. The van der Waals surface area contributed by atoms with Crippen molar-refractivity contribution in [3.8, 4) is 6.07 Å². The first kappa shape index (κ1) is 14.2. The van der Waals surface area contributed by atoms with Gasteiger partial charge in [0, 0.05) is 18.2 Å². The summed E-state index contributed by atoms with van der Waals surface area (Å²) < 4.78 is 0. The van der Waals surface area contributed by atoms with Crippen LogP contribution in [0.4, 0.5) is 0 Å². The topological polar surface area (TPSA) is 57.3 Å². The number of quaternary nitrogens is 1. The molecule has 0 aliphatic heterocycles. The molecule has 4 heteroatoms. The van der Waals surface area contributed by atoms with Crippen molar-refractivity contribution in [3.63, 3.8) is 0 Å². The maximum absolute atomic E-state index is 11.4. The molecule has 0 fully saturated rings. The van der Waals surface area contributed by atoms with Gasteiger partial charge in [0.05, 0.1) is 25.6 Å². The van der Waals surface area contributed by atoms with Gasteiger partial charge in [-0.25, -0.2) is 0 Å². The normalized spacial score (nSPS) is 13.4. The van der Waals surface area contributed by atoms with E-state index in [0.717, 1.165) is 13.1 Å². The van der Waals surface area contributed by atoms with Crippen LogP contribution in [0.3, 0.4) is 0 Å². The highest BCUT2D eigenvalue weighted by atomic mass is 16.1. The summed E-state index contributed by atoms with van der Waals surface area (Å²) >= 11 is 0. The number of benzene rings is 1. The number of nitrogens with zero attached hydrogens (tertiary/aromatic N) is 1. The van der Waals surface area contributed by atoms with Gasteiger partial charge in [-0.3, -0.25) is 4.79 Å². The fourth-order valence-corrected chi connectivity index (χ4v) is 1.91.